The van der Waals surface area contributed by atoms with Crippen molar-refractivity contribution in [3.8, 4) is 5.75 Å². The molecule has 4 rings (SSSR count). The average Bonchev–Trinajstić information content (AvgIpc) is 2.75. The molecule has 1 aromatic heterocycles. The molecule has 1 heterocycles. The quantitative estimate of drug-likeness (QED) is 0.194. The Bertz CT molecular complexity index is 1440. The lowest BCUT2D eigenvalue weighted by atomic mass is 10.2. The lowest BCUT2D eigenvalue weighted by Gasteiger charge is -2.12. The summed E-state index contributed by atoms with van der Waals surface area (Å²) in [6, 6.07) is 15.1. The van der Waals surface area contributed by atoms with Crippen molar-refractivity contribution in [3.63, 3.8) is 0 Å². The molecule has 0 unspecified atom stereocenters. The number of hydrogen-bond acceptors (Lipinski definition) is 4. The standard InChI is InChI=1S/C23H14Br5N3O2/c1-12-30-21-5-4-15(24)8-17(21)23(32)31(12)29-10-13-6-19(27)22(20(28)7-13)33-11-14-2-3-16(25)9-18(14)26/h2-10H,11H2,1H3. The van der Waals surface area contributed by atoms with Crippen molar-refractivity contribution in [2.24, 2.45) is 5.10 Å². The predicted octanol–water partition coefficient (Wildman–Crippen LogP) is 7.98. The van der Waals surface area contributed by atoms with Crippen molar-refractivity contribution in [1.82, 2.24) is 9.66 Å². The van der Waals surface area contributed by atoms with E-state index in [0.29, 0.717) is 29.1 Å². The second kappa shape index (κ2) is 10.5. The average molecular weight is 764 g/mol. The fourth-order valence-corrected chi connectivity index (χ4v) is 6.07. The topological polar surface area (TPSA) is 56.5 Å². The van der Waals surface area contributed by atoms with Crippen LogP contribution in [0.25, 0.3) is 10.9 Å². The van der Waals surface area contributed by atoms with Crippen LogP contribution in [-0.2, 0) is 6.61 Å². The van der Waals surface area contributed by atoms with Crippen LogP contribution in [0.2, 0.25) is 0 Å². The van der Waals surface area contributed by atoms with E-state index in [1.54, 1.807) is 19.2 Å². The lowest BCUT2D eigenvalue weighted by molar-refractivity contribution is 0.301. The number of nitrogens with zero attached hydrogens (tertiary/aromatic N) is 3. The molecule has 0 N–H and O–H groups in total. The highest BCUT2D eigenvalue weighted by Crippen LogP contribution is 2.35. The van der Waals surface area contributed by atoms with Crippen molar-refractivity contribution < 1.29 is 4.74 Å². The molecular weight excluding hydrogens is 750 g/mol. The molecule has 168 valence electrons. The molecule has 0 atom stereocenters. The number of benzene rings is 3. The summed E-state index contributed by atoms with van der Waals surface area (Å²) in [6.07, 6.45) is 1.62. The second-order valence-corrected chi connectivity index (χ2v) is 11.4. The van der Waals surface area contributed by atoms with E-state index in [9.17, 15) is 4.79 Å². The number of halogens is 5. The van der Waals surface area contributed by atoms with Gasteiger partial charge in [-0.2, -0.15) is 9.78 Å². The summed E-state index contributed by atoms with van der Waals surface area (Å²) in [4.78, 5) is 17.4. The van der Waals surface area contributed by atoms with Crippen LogP contribution in [0.1, 0.15) is 17.0 Å². The van der Waals surface area contributed by atoms with Crippen molar-refractivity contribution in [3.05, 3.63) is 98.2 Å². The molecule has 5 nitrogen and oxygen atoms in total. The molecule has 0 spiro atoms. The first kappa shape index (κ1) is 24.8. The Morgan fingerprint density at radius 2 is 1.61 bits per heavy atom. The zero-order valence-electron chi connectivity index (χ0n) is 17.0. The third-order valence-corrected chi connectivity index (χ3v) is 7.60. The van der Waals surface area contributed by atoms with Crippen LogP contribution < -0.4 is 10.3 Å². The van der Waals surface area contributed by atoms with E-state index >= 15 is 0 Å². The van der Waals surface area contributed by atoms with Crippen molar-refractivity contribution >= 4 is 96.8 Å². The van der Waals surface area contributed by atoms with Gasteiger partial charge in [-0.3, -0.25) is 4.79 Å². The highest BCUT2D eigenvalue weighted by molar-refractivity contribution is 9.11. The Morgan fingerprint density at radius 3 is 2.30 bits per heavy atom. The summed E-state index contributed by atoms with van der Waals surface area (Å²) < 4.78 is 11.6. The highest BCUT2D eigenvalue weighted by atomic mass is 79.9. The van der Waals surface area contributed by atoms with Crippen LogP contribution in [0.3, 0.4) is 0 Å². The molecule has 0 aliphatic heterocycles. The molecule has 0 bridgehead atoms. The fraction of sp³-hybridized carbons (Fsp3) is 0.0870. The molecule has 4 aromatic rings. The van der Waals surface area contributed by atoms with Crippen LogP contribution in [-0.4, -0.2) is 15.9 Å². The van der Waals surface area contributed by atoms with Gasteiger partial charge in [-0.25, -0.2) is 4.98 Å². The van der Waals surface area contributed by atoms with E-state index < -0.39 is 0 Å². The van der Waals surface area contributed by atoms with Gasteiger partial charge in [-0.15, -0.1) is 0 Å². The number of aryl methyl sites for hydroxylation is 1. The third-order valence-electron chi connectivity index (χ3n) is 4.70. The Morgan fingerprint density at radius 1 is 0.939 bits per heavy atom. The van der Waals surface area contributed by atoms with Crippen LogP contribution in [0.5, 0.6) is 5.75 Å². The third kappa shape index (κ3) is 5.67. The Kier molecular flexibility index (Phi) is 7.90. The molecular formula is C23H14Br5N3O2. The number of aromatic nitrogens is 2. The number of ether oxygens (including phenoxy) is 1. The summed E-state index contributed by atoms with van der Waals surface area (Å²) in [6.45, 7) is 2.15. The van der Waals surface area contributed by atoms with E-state index in [2.05, 4.69) is 89.7 Å². The maximum absolute atomic E-state index is 12.9. The van der Waals surface area contributed by atoms with Gasteiger partial charge < -0.3 is 4.74 Å². The molecule has 0 aliphatic rings. The van der Waals surface area contributed by atoms with Gasteiger partial charge in [0.1, 0.15) is 18.2 Å². The smallest absolute Gasteiger partial charge is 0.282 e. The van der Waals surface area contributed by atoms with E-state index in [-0.39, 0.29) is 5.56 Å². The maximum Gasteiger partial charge on any atom is 0.282 e. The van der Waals surface area contributed by atoms with E-state index in [0.717, 1.165) is 33.5 Å². The maximum atomic E-state index is 12.9. The molecule has 0 saturated carbocycles. The minimum atomic E-state index is -0.229. The van der Waals surface area contributed by atoms with Gasteiger partial charge in [-0.1, -0.05) is 53.9 Å². The molecule has 33 heavy (non-hydrogen) atoms. The van der Waals surface area contributed by atoms with Gasteiger partial charge in [0.05, 0.1) is 26.1 Å². The first-order valence-electron chi connectivity index (χ1n) is 9.52. The SMILES string of the molecule is Cc1nc2ccc(Br)cc2c(=O)n1N=Cc1cc(Br)c(OCc2ccc(Br)cc2Br)c(Br)c1. The van der Waals surface area contributed by atoms with Crippen molar-refractivity contribution in [2.45, 2.75) is 13.5 Å². The van der Waals surface area contributed by atoms with Crippen LogP contribution in [0.15, 0.2) is 80.8 Å². The monoisotopic (exact) mass is 759 g/mol. The van der Waals surface area contributed by atoms with Crippen LogP contribution >= 0.6 is 79.6 Å². The second-order valence-electron chi connectivity index (χ2n) is 7.02. The predicted molar refractivity (Wildman–Crippen MR) is 149 cm³/mol. The zero-order valence-corrected chi connectivity index (χ0v) is 24.9. The zero-order chi connectivity index (χ0) is 23.7. The van der Waals surface area contributed by atoms with Gasteiger partial charge in [0.15, 0.2) is 0 Å². The summed E-state index contributed by atoms with van der Waals surface area (Å²) in [7, 11) is 0. The highest BCUT2D eigenvalue weighted by Gasteiger charge is 2.11. The number of hydrogen-bond donors (Lipinski definition) is 0. The largest absolute Gasteiger partial charge is 0.486 e. The summed E-state index contributed by atoms with van der Waals surface area (Å²) in [5.41, 5.74) is 2.21. The minimum absolute atomic E-state index is 0.229. The summed E-state index contributed by atoms with van der Waals surface area (Å²) in [5, 5.41) is 4.89. The molecule has 0 radical (unpaired) electrons. The van der Waals surface area contributed by atoms with Gasteiger partial charge in [0.2, 0.25) is 0 Å². The number of rotatable bonds is 5. The first-order valence-corrected chi connectivity index (χ1v) is 13.5. The van der Waals surface area contributed by atoms with Gasteiger partial charge in [0, 0.05) is 19.0 Å². The summed E-state index contributed by atoms with van der Waals surface area (Å²) in [5.74, 6) is 1.18. The minimum Gasteiger partial charge on any atom is -0.486 e. The van der Waals surface area contributed by atoms with Gasteiger partial charge in [0.25, 0.3) is 5.56 Å². The molecule has 0 fully saturated rings. The normalized spacial score (nSPS) is 11.5. The molecule has 0 amide bonds. The molecule has 10 heteroatoms. The summed E-state index contributed by atoms with van der Waals surface area (Å²) >= 11 is 17.6. The van der Waals surface area contributed by atoms with E-state index in [1.165, 1.54) is 4.68 Å². The van der Waals surface area contributed by atoms with E-state index in [1.807, 2.05) is 42.5 Å². The van der Waals surface area contributed by atoms with Gasteiger partial charge in [-0.05, 0) is 86.8 Å². The van der Waals surface area contributed by atoms with Crippen molar-refractivity contribution in [2.75, 3.05) is 0 Å². The first-order chi connectivity index (χ1) is 15.7. The van der Waals surface area contributed by atoms with Crippen molar-refractivity contribution in [1.29, 1.82) is 0 Å². The Hall–Kier alpha value is -1.33. The Balaban J connectivity index is 1.60. The fourth-order valence-electron chi connectivity index (χ4n) is 3.10. The lowest BCUT2D eigenvalue weighted by Crippen LogP contribution is -2.20. The van der Waals surface area contributed by atoms with Crippen LogP contribution in [0.4, 0.5) is 0 Å². The van der Waals surface area contributed by atoms with Gasteiger partial charge >= 0.3 is 0 Å². The molecule has 0 saturated heterocycles. The Labute approximate surface area is 231 Å². The van der Waals surface area contributed by atoms with E-state index in [4.69, 9.17) is 4.74 Å². The number of fused-ring (bicyclic) bond motifs is 1. The molecule has 3 aromatic carbocycles. The molecule has 0 aliphatic carbocycles. The van der Waals surface area contributed by atoms with Crippen LogP contribution in [0, 0.1) is 6.92 Å².